The van der Waals surface area contributed by atoms with Crippen LogP contribution in [-0.2, 0) is 4.79 Å². The standard InChI is InChI=1S/C15H19N3O4S/c1-4-18(7-6-10(19)20)15(21)12-9(3)11-13(22-5-2)16-8-17-14(11)23-12/h8H,4-7H2,1-3H3,(H,19,20). The highest BCUT2D eigenvalue weighted by molar-refractivity contribution is 7.20. The number of carboxylic acids is 1. The fraction of sp³-hybridized carbons (Fsp3) is 0.467. The van der Waals surface area contributed by atoms with Crippen LogP contribution in [-0.4, -0.2) is 51.5 Å². The Labute approximate surface area is 137 Å². The third-order valence-electron chi connectivity index (χ3n) is 3.43. The number of aromatic nitrogens is 2. The first-order valence-corrected chi connectivity index (χ1v) is 8.19. The van der Waals surface area contributed by atoms with Gasteiger partial charge in [0.1, 0.15) is 11.2 Å². The lowest BCUT2D eigenvalue weighted by molar-refractivity contribution is -0.137. The lowest BCUT2D eigenvalue weighted by atomic mass is 10.2. The monoisotopic (exact) mass is 337 g/mol. The minimum absolute atomic E-state index is 0.0759. The van der Waals surface area contributed by atoms with Gasteiger partial charge >= 0.3 is 5.97 Å². The van der Waals surface area contributed by atoms with Crippen molar-refractivity contribution in [3.63, 3.8) is 0 Å². The quantitative estimate of drug-likeness (QED) is 0.833. The first-order valence-electron chi connectivity index (χ1n) is 7.37. The van der Waals surface area contributed by atoms with E-state index in [9.17, 15) is 9.59 Å². The largest absolute Gasteiger partial charge is 0.481 e. The summed E-state index contributed by atoms with van der Waals surface area (Å²) < 4.78 is 5.51. The smallest absolute Gasteiger partial charge is 0.305 e. The lowest BCUT2D eigenvalue weighted by Crippen LogP contribution is -2.32. The number of aliphatic carboxylic acids is 1. The predicted octanol–water partition coefficient (Wildman–Crippen LogP) is 2.34. The number of ether oxygens (including phenoxy) is 1. The van der Waals surface area contributed by atoms with Crippen molar-refractivity contribution in [3.05, 3.63) is 16.8 Å². The normalized spacial score (nSPS) is 10.7. The molecule has 0 atom stereocenters. The Balaban J connectivity index is 2.38. The molecule has 0 aromatic carbocycles. The van der Waals surface area contributed by atoms with E-state index in [0.717, 1.165) is 10.9 Å². The zero-order valence-electron chi connectivity index (χ0n) is 13.3. The molecule has 0 saturated carbocycles. The van der Waals surface area contributed by atoms with E-state index in [4.69, 9.17) is 9.84 Å². The van der Waals surface area contributed by atoms with Crippen LogP contribution in [0.5, 0.6) is 5.88 Å². The Morgan fingerprint density at radius 3 is 2.70 bits per heavy atom. The number of carbonyl (C=O) groups excluding carboxylic acids is 1. The molecule has 0 aliphatic carbocycles. The van der Waals surface area contributed by atoms with Crippen LogP contribution in [0.25, 0.3) is 10.2 Å². The first kappa shape index (κ1) is 17.1. The fourth-order valence-corrected chi connectivity index (χ4v) is 3.37. The van der Waals surface area contributed by atoms with Gasteiger partial charge in [0.25, 0.3) is 5.91 Å². The molecule has 0 unspecified atom stereocenters. The molecular weight excluding hydrogens is 318 g/mol. The van der Waals surface area contributed by atoms with Gasteiger partial charge < -0.3 is 14.7 Å². The third-order valence-corrected chi connectivity index (χ3v) is 4.62. The number of thiophene rings is 1. The number of carboxylic acid groups (broad SMARTS) is 1. The van der Waals surface area contributed by atoms with Crippen LogP contribution in [0, 0.1) is 6.92 Å². The first-order chi connectivity index (χ1) is 11.0. The van der Waals surface area contributed by atoms with Crippen molar-refractivity contribution in [2.24, 2.45) is 0 Å². The summed E-state index contributed by atoms with van der Waals surface area (Å²) >= 11 is 1.28. The summed E-state index contributed by atoms with van der Waals surface area (Å²) in [7, 11) is 0. The Bertz CT molecular complexity index is 729. The molecule has 0 spiro atoms. The van der Waals surface area contributed by atoms with Crippen molar-refractivity contribution in [2.45, 2.75) is 27.2 Å². The maximum atomic E-state index is 12.7. The van der Waals surface area contributed by atoms with Crippen LogP contribution in [0.1, 0.15) is 35.5 Å². The van der Waals surface area contributed by atoms with Gasteiger partial charge in [-0.1, -0.05) is 0 Å². The maximum Gasteiger partial charge on any atom is 0.305 e. The van der Waals surface area contributed by atoms with E-state index >= 15 is 0 Å². The molecule has 23 heavy (non-hydrogen) atoms. The molecule has 2 heterocycles. The summed E-state index contributed by atoms with van der Waals surface area (Å²) in [6.45, 7) is 6.64. The van der Waals surface area contributed by atoms with E-state index in [1.165, 1.54) is 22.6 Å². The summed E-state index contributed by atoms with van der Waals surface area (Å²) in [5, 5.41) is 9.55. The zero-order valence-corrected chi connectivity index (χ0v) is 14.1. The van der Waals surface area contributed by atoms with E-state index in [1.54, 1.807) is 0 Å². The SMILES string of the molecule is CCOc1ncnc2sc(C(=O)N(CC)CCC(=O)O)c(C)c12. The van der Waals surface area contributed by atoms with Gasteiger partial charge in [0.2, 0.25) is 5.88 Å². The minimum Gasteiger partial charge on any atom is -0.481 e. The summed E-state index contributed by atoms with van der Waals surface area (Å²) in [5.41, 5.74) is 0.771. The summed E-state index contributed by atoms with van der Waals surface area (Å²) in [4.78, 5) is 34.5. The number of amides is 1. The van der Waals surface area contributed by atoms with Gasteiger partial charge in [0, 0.05) is 13.1 Å². The molecule has 0 saturated heterocycles. The highest BCUT2D eigenvalue weighted by Crippen LogP contribution is 2.35. The molecule has 2 aromatic heterocycles. The van der Waals surface area contributed by atoms with E-state index < -0.39 is 5.97 Å². The average Bonchev–Trinajstić information content (AvgIpc) is 2.86. The van der Waals surface area contributed by atoms with Gasteiger partial charge in [-0.2, -0.15) is 0 Å². The van der Waals surface area contributed by atoms with Crippen molar-refractivity contribution < 1.29 is 19.4 Å². The van der Waals surface area contributed by atoms with Crippen molar-refractivity contribution in [1.82, 2.24) is 14.9 Å². The Kier molecular flexibility index (Phi) is 5.49. The molecule has 1 amide bonds. The van der Waals surface area contributed by atoms with Gasteiger partial charge in [-0.05, 0) is 26.3 Å². The van der Waals surface area contributed by atoms with Crippen molar-refractivity contribution in [2.75, 3.05) is 19.7 Å². The molecule has 0 radical (unpaired) electrons. The van der Waals surface area contributed by atoms with Gasteiger partial charge in [-0.15, -0.1) is 11.3 Å². The van der Waals surface area contributed by atoms with Crippen LogP contribution in [0.15, 0.2) is 6.33 Å². The molecule has 7 nitrogen and oxygen atoms in total. The molecule has 1 N–H and O–H groups in total. The predicted molar refractivity (Wildman–Crippen MR) is 87.2 cm³/mol. The number of hydrogen-bond donors (Lipinski definition) is 1. The van der Waals surface area contributed by atoms with Gasteiger partial charge in [-0.3, -0.25) is 9.59 Å². The second kappa shape index (κ2) is 7.36. The van der Waals surface area contributed by atoms with Crippen molar-refractivity contribution in [1.29, 1.82) is 0 Å². The van der Waals surface area contributed by atoms with Crippen LogP contribution in [0.3, 0.4) is 0 Å². The lowest BCUT2D eigenvalue weighted by Gasteiger charge is -2.19. The summed E-state index contributed by atoms with van der Waals surface area (Å²) in [5.74, 6) is -0.635. The number of hydrogen-bond acceptors (Lipinski definition) is 6. The fourth-order valence-electron chi connectivity index (χ4n) is 2.27. The number of rotatable bonds is 7. The van der Waals surface area contributed by atoms with Gasteiger partial charge in [0.15, 0.2) is 0 Å². The number of carbonyl (C=O) groups is 2. The molecule has 0 fully saturated rings. The van der Waals surface area contributed by atoms with Crippen molar-refractivity contribution >= 4 is 33.4 Å². The molecule has 0 aliphatic rings. The molecule has 0 aliphatic heterocycles. The van der Waals surface area contributed by atoms with Crippen LogP contribution < -0.4 is 4.74 Å². The zero-order chi connectivity index (χ0) is 17.0. The van der Waals surface area contributed by atoms with Gasteiger partial charge in [0.05, 0.1) is 23.3 Å². The number of nitrogens with zero attached hydrogens (tertiary/aromatic N) is 3. The average molecular weight is 337 g/mol. The summed E-state index contributed by atoms with van der Waals surface area (Å²) in [6.07, 6.45) is 1.34. The van der Waals surface area contributed by atoms with Gasteiger partial charge in [-0.25, -0.2) is 9.97 Å². The van der Waals surface area contributed by atoms with Crippen molar-refractivity contribution in [3.8, 4) is 5.88 Å². The third kappa shape index (κ3) is 3.58. The van der Waals surface area contributed by atoms with E-state index in [0.29, 0.717) is 28.7 Å². The van der Waals surface area contributed by atoms with E-state index in [1.807, 2.05) is 20.8 Å². The highest BCUT2D eigenvalue weighted by Gasteiger charge is 2.23. The number of aryl methyl sites for hydroxylation is 1. The summed E-state index contributed by atoms with van der Waals surface area (Å²) in [6, 6.07) is 0. The topological polar surface area (TPSA) is 92.6 Å². The van der Waals surface area contributed by atoms with Crippen LogP contribution in [0.2, 0.25) is 0 Å². The minimum atomic E-state index is -0.922. The second-order valence-corrected chi connectivity index (χ2v) is 5.88. The van der Waals surface area contributed by atoms with E-state index in [-0.39, 0.29) is 18.9 Å². The molecule has 0 bridgehead atoms. The number of fused-ring (bicyclic) bond motifs is 1. The Morgan fingerprint density at radius 1 is 1.35 bits per heavy atom. The molecule has 124 valence electrons. The maximum absolute atomic E-state index is 12.7. The molecular formula is C15H19N3O4S. The second-order valence-electron chi connectivity index (χ2n) is 4.88. The van der Waals surface area contributed by atoms with Crippen LogP contribution >= 0.6 is 11.3 Å². The molecule has 8 heteroatoms. The Morgan fingerprint density at radius 2 is 2.09 bits per heavy atom. The van der Waals surface area contributed by atoms with Crippen LogP contribution in [0.4, 0.5) is 0 Å². The highest BCUT2D eigenvalue weighted by atomic mass is 32.1. The molecule has 2 aromatic rings. The Hall–Kier alpha value is -2.22. The molecule has 2 rings (SSSR count). The van der Waals surface area contributed by atoms with E-state index in [2.05, 4.69) is 9.97 Å².